The van der Waals surface area contributed by atoms with Crippen LogP contribution in [0.4, 0.5) is 5.69 Å². The Morgan fingerprint density at radius 1 is 1.11 bits per heavy atom. The van der Waals surface area contributed by atoms with Crippen molar-refractivity contribution in [2.24, 2.45) is 0 Å². The van der Waals surface area contributed by atoms with Crippen LogP contribution in [0.2, 0.25) is 0 Å². The zero-order valence-corrected chi connectivity index (χ0v) is 15.9. The SMILES string of the molecule is Cc1ccc(N2CC(CNC(=O)c3ccc4c(c3)OCO4)OCC2=O)cc1C. The third kappa shape index (κ3) is 3.66. The molecule has 1 unspecified atom stereocenters. The zero-order chi connectivity index (χ0) is 19.7. The lowest BCUT2D eigenvalue weighted by molar-refractivity contribution is -0.129. The molecule has 2 aliphatic heterocycles. The molecule has 1 saturated heterocycles. The molecule has 0 saturated carbocycles. The lowest BCUT2D eigenvalue weighted by Crippen LogP contribution is -2.50. The van der Waals surface area contributed by atoms with Gasteiger partial charge in [-0.1, -0.05) is 6.07 Å². The van der Waals surface area contributed by atoms with Crippen LogP contribution < -0.4 is 19.7 Å². The molecule has 0 aromatic heterocycles. The Labute approximate surface area is 163 Å². The number of benzene rings is 2. The van der Waals surface area contributed by atoms with Crippen molar-refractivity contribution in [1.82, 2.24) is 5.32 Å². The summed E-state index contributed by atoms with van der Waals surface area (Å²) in [5.74, 6) is 0.890. The summed E-state index contributed by atoms with van der Waals surface area (Å²) in [5, 5.41) is 2.87. The molecule has 2 heterocycles. The van der Waals surface area contributed by atoms with Crippen LogP contribution in [-0.4, -0.2) is 44.4 Å². The third-order valence-corrected chi connectivity index (χ3v) is 5.06. The van der Waals surface area contributed by atoms with Crippen molar-refractivity contribution < 1.29 is 23.8 Å². The molecule has 1 atom stereocenters. The van der Waals surface area contributed by atoms with Gasteiger partial charge in [0.05, 0.1) is 12.6 Å². The number of hydrogen-bond acceptors (Lipinski definition) is 5. The first-order valence-corrected chi connectivity index (χ1v) is 9.18. The summed E-state index contributed by atoms with van der Waals surface area (Å²) in [5.41, 5.74) is 3.65. The highest BCUT2D eigenvalue weighted by molar-refractivity contribution is 5.96. The standard InChI is InChI=1S/C21H22N2O5/c1-13-3-5-16(7-14(13)2)23-10-17(26-11-20(23)24)9-22-21(25)15-4-6-18-19(8-15)28-12-27-18/h3-8,17H,9-12H2,1-2H3,(H,22,25). The smallest absolute Gasteiger partial charge is 0.253 e. The molecule has 7 heteroatoms. The van der Waals surface area contributed by atoms with Gasteiger partial charge in [0.1, 0.15) is 6.61 Å². The second-order valence-electron chi connectivity index (χ2n) is 6.98. The first kappa shape index (κ1) is 18.3. The van der Waals surface area contributed by atoms with Crippen LogP contribution in [0.1, 0.15) is 21.5 Å². The van der Waals surface area contributed by atoms with Crippen LogP contribution in [0.3, 0.4) is 0 Å². The highest BCUT2D eigenvalue weighted by atomic mass is 16.7. The van der Waals surface area contributed by atoms with Crippen LogP contribution in [0.25, 0.3) is 0 Å². The quantitative estimate of drug-likeness (QED) is 0.877. The van der Waals surface area contributed by atoms with Crippen molar-refractivity contribution in [3.8, 4) is 11.5 Å². The van der Waals surface area contributed by atoms with E-state index in [0.29, 0.717) is 30.2 Å². The Balaban J connectivity index is 1.39. The van der Waals surface area contributed by atoms with E-state index in [1.807, 2.05) is 32.0 Å². The summed E-state index contributed by atoms with van der Waals surface area (Å²) in [6.45, 7) is 4.92. The van der Waals surface area contributed by atoms with Crippen molar-refractivity contribution >= 4 is 17.5 Å². The highest BCUT2D eigenvalue weighted by Gasteiger charge is 2.28. The van der Waals surface area contributed by atoms with Gasteiger partial charge < -0.3 is 24.4 Å². The maximum absolute atomic E-state index is 12.4. The summed E-state index contributed by atoms with van der Waals surface area (Å²) < 4.78 is 16.2. The van der Waals surface area contributed by atoms with E-state index >= 15 is 0 Å². The Kier molecular flexibility index (Phi) is 4.92. The zero-order valence-electron chi connectivity index (χ0n) is 15.9. The number of amides is 2. The lowest BCUT2D eigenvalue weighted by atomic mass is 10.1. The summed E-state index contributed by atoms with van der Waals surface area (Å²) >= 11 is 0. The number of anilines is 1. The molecule has 2 aliphatic rings. The van der Waals surface area contributed by atoms with Crippen LogP contribution in [0, 0.1) is 13.8 Å². The Bertz CT molecular complexity index is 927. The van der Waals surface area contributed by atoms with Crippen molar-refractivity contribution in [3.63, 3.8) is 0 Å². The van der Waals surface area contributed by atoms with Crippen LogP contribution >= 0.6 is 0 Å². The van der Waals surface area contributed by atoms with E-state index in [1.54, 1.807) is 23.1 Å². The van der Waals surface area contributed by atoms with Gasteiger partial charge in [0.2, 0.25) is 6.79 Å². The molecule has 0 spiro atoms. The number of fused-ring (bicyclic) bond motifs is 1. The third-order valence-electron chi connectivity index (χ3n) is 5.06. The molecule has 0 radical (unpaired) electrons. The molecule has 28 heavy (non-hydrogen) atoms. The van der Waals surface area contributed by atoms with Gasteiger partial charge in [-0.2, -0.15) is 0 Å². The van der Waals surface area contributed by atoms with Crippen molar-refractivity contribution in [1.29, 1.82) is 0 Å². The first-order valence-electron chi connectivity index (χ1n) is 9.18. The Hall–Kier alpha value is -3.06. The highest BCUT2D eigenvalue weighted by Crippen LogP contribution is 2.32. The monoisotopic (exact) mass is 382 g/mol. The number of nitrogens with one attached hydrogen (secondary N) is 1. The summed E-state index contributed by atoms with van der Waals surface area (Å²) in [6, 6.07) is 11.0. The molecule has 2 aromatic rings. The maximum atomic E-state index is 12.4. The van der Waals surface area contributed by atoms with E-state index in [-0.39, 0.29) is 31.3 Å². The number of hydrogen-bond donors (Lipinski definition) is 1. The van der Waals surface area contributed by atoms with Gasteiger partial charge in [-0.3, -0.25) is 9.59 Å². The second kappa shape index (κ2) is 7.52. The molecule has 2 amide bonds. The molecule has 1 fully saturated rings. The number of ether oxygens (including phenoxy) is 3. The van der Waals surface area contributed by atoms with Gasteiger partial charge in [-0.15, -0.1) is 0 Å². The first-order chi connectivity index (χ1) is 13.5. The van der Waals surface area contributed by atoms with Gasteiger partial charge >= 0.3 is 0 Å². The average molecular weight is 382 g/mol. The normalized spacial score (nSPS) is 18.3. The maximum Gasteiger partial charge on any atom is 0.253 e. The number of rotatable bonds is 4. The minimum Gasteiger partial charge on any atom is -0.454 e. The lowest BCUT2D eigenvalue weighted by Gasteiger charge is -2.33. The van der Waals surface area contributed by atoms with Crippen molar-refractivity contribution in [2.75, 3.05) is 31.4 Å². The molecule has 7 nitrogen and oxygen atoms in total. The summed E-state index contributed by atoms with van der Waals surface area (Å²) in [4.78, 5) is 26.4. The van der Waals surface area contributed by atoms with E-state index < -0.39 is 0 Å². The Morgan fingerprint density at radius 2 is 1.93 bits per heavy atom. The molecule has 0 bridgehead atoms. The summed E-state index contributed by atoms with van der Waals surface area (Å²) in [6.07, 6.45) is -0.280. The molecular formula is C21H22N2O5. The van der Waals surface area contributed by atoms with E-state index in [4.69, 9.17) is 14.2 Å². The van der Waals surface area contributed by atoms with Crippen LogP contribution in [0.15, 0.2) is 36.4 Å². The van der Waals surface area contributed by atoms with Gasteiger partial charge in [0.25, 0.3) is 11.8 Å². The predicted octanol–water partition coefficient (Wildman–Crippen LogP) is 2.19. The van der Waals surface area contributed by atoms with Gasteiger partial charge in [0.15, 0.2) is 11.5 Å². The largest absolute Gasteiger partial charge is 0.454 e. The molecule has 4 rings (SSSR count). The van der Waals surface area contributed by atoms with E-state index in [9.17, 15) is 9.59 Å². The van der Waals surface area contributed by atoms with E-state index in [1.165, 1.54) is 5.56 Å². The Morgan fingerprint density at radius 3 is 2.75 bits per heavy atom. The average Bonchev–Trinajstić information content (AvgIpc) is 3.17. The fourth-order valence-corrected chi connectivity index (χ4v) is 3.24. The molecule has 0 aliphatic carbocycles. The van der Waals surface area contributed by atoms with E-state index in [2.05, 4.69) is 5.32 Å². The van der Waals surface area contributed by atoms with Gasteiger partial charge in [-0.05, 0) is 55.3 Å². The number of morpholine rings is 1. The van der Waals surface area contributed by atoms with Gasteiger partial charge in [-0.25, -0.2) is 0 Å². The number of carbonyl (C=O) groups excluding carboxylic acids is 2. The second-order valence-corrected chi connectivity index (χ2v) is 6.98. The van der Waals surface area contributed by atoms with Crippen LogP contribution in [0.5, 0.6) is 11.5 Å². The van der Waals surface area contributed by atoms with Gasteiger partial charge in [0, 0.05) is 17.8 Å². The molecule has 2 aromatic carbocycles. The molecule has 1 N–H and O–H groups in total. The number of nitrogens with zero attached hydrogens (tertiary/aromatic N) is 1. The van der Waals surface area contributed by atoms with E-state index in [0.717, 1.165) is 11.3 Å². The van der Waals surface area contributed by atoms with Crippen molar-refractivity contribution in [3.05, 3.63) is 53.1 Å². The molecule has 146 valence electrons. The van der Waals surface area contributed by atoms with Crippen molar-refractivity contribution in [2.45, 2.75) is 20.0 Å². The summed E-state index contributed by atoms with van der Waals surface area (Å²) in [7, 11) is 0. The fraction of sp³-hybridized carbons (Fsp3) is 0.333. The number of aryl methyl sites for hydroxylation is 2. The minimum absolute atomic E-state index is 0.00249. The minimum atomic E-state index is -0.280. The van der Waals surface area contributed by atoms with Crippen LogP contribution in [-0.2, 0) is 9.53 Å². The topological polar surface area (TPSA) is 77.1 Å². The number of carbonyl (C=O) groups is 2. The predicted molar refractivity (Wildman–Crippen MR) is 103 cm³/mol. The fourth-order valence-electron chi connectivity index (χ4n) is 3.24. The molecular weight excluding hydrogens is 360 g/mol.